The van der Waals surface area contributed by atoms with Gasteiger partial charge in [0.1, 0.15) is 5.82 Å². The molecule has 0 unspecified atom stereocenters. The highest BCUT2D eigenvalue weighted by molar-refractivity contribution is 5.80. The van der Waals surface area contributed by atoms with Crippen LogP contribution in [-0.4, -0.2) is 54.8 Å². The molecule has 3 heterocycles. The van der Waals surface area contributed by atoms with Gasteiger partial charge in [-0.3, -0.25) is 4.90 Å². The van der Waals surface area contributed by atoms with Crippen LogP contribution in [-0.2, 0) is 19.5 Å². The van der Waals surface area contributed by atoms with E-state index in [0.717, 1.165) is 68.3 Å². The van der Waals surface area contributed by atoms with Crippen molar-refractivity contribution in [1.82, 2.24) is 35.1 Å². The number of hydrogen-bond acceptors (Lipinski definition) is 6. The Morgan fingerprint density at radius 1 is 1.03 bits per heavy atom. The van der Waals surface area contributed by atoms with Crippen molar-refractivity contribution in [3.8, 4) is 22.5 Å². The molecule has 0 spiro atoms. The van der Waals surface area contributed by atoms with E-state index in [4.69, 9.17) is 4.98 Å². The molecule has 1 N–H and O–H groups in total. The summed E-state index contributed by atoms with van der Waals surface area (Å²) in [6, 6.07) is 17.2. The van der Waals surface area contributed by atoms with Crippen LogP contribution in [0, 0.1) is 11.8 Å². The van der Waals surface area contributed by atoms with E-state index in [9.17, 15) is 0 Å². The Morgan fingerprint density at radius 2 is 1.82 bits per heavy atom. The Labute approximate surface area is 225 Å². The molecule has 4 aromatic rings. The summed E-state index contributed by atoms with van der Waals surface area (Å²) in [5.41, 5.74) is 5.94. The number of aryl methyl sites for hydroxylation is 1. The third-order valence-corrected chi connectivity index (χ3v) is 7.58. The number of fused-ring (bicyclic) bond motifs is 1. The molecule has 0 radical (unpaired) electrons. The number of aromatic amines is 1. The molecular formula is C30H38N8. The van der Waals surface area contributed by atoms with Gasteiger partial charge in [0.05, 0.1) is 12.4 Å². The monoisotopic (exact) mass is 510 g/mol. The quantitative estimate of drug-likeness (QED) is 0.309. The van der Waals surface area contributed by atoms with Gasteiger partial charge >= 0.3 is 0 Å². The summed E-state index contributed by atoms with van der Waals surface area (Å²) in [5.74, 6) is 4.61. The van der Waals surface area contributed by atoms with Gasteiger partial charge < -0.3 is 9.47 Å². The second-order valence-electron chi connectivity index (χ2n) is 11.3. The molecule has 1 aliphatic carbocycles. The number of nitrogens with one attached hydrogen (secondary N) is 1. The van der Waals surface area contributed by atoms with E-state index in [0.29, 0.717) is 11.7 Å². The van der Waals surface area contributed by atoms with Gasteiger partial charge in [0.2, 0.25) is 0 Å². The van der Waals surface area contributed by atoms with Gasteiger partial charge in [-0.15, -0.1) is 5.10 Å². The molecule has 1 saturated carbocycles. The zero-order chi connectivity index (χ0) is 26.1. The first-order valence-electron chi connectivity index (χ1n) is 14.1. The van der Waals surface area contributed by atoms with Crippen molar-refractivity contribution in [2.24, 2.45) is 11.8 Å². The predicted octanol–water partition coefficient (Wildman–Crippen LogP) is 5.38. The predicted molar refractivity (Wildman–Crippen MR) is 151 cm³/mol. The minimum absolute atomic E-state index is 0.647. The molecule has 0 bridgehead atoms. The van der Waals surface area contributed by atoms with Gasteiger partial charge in [0.25, 0.3) is 0 Å². The molecule has 2 aromatic carbocycles. The number of anilines is 1. The smallest absolute Gasteiger partial charge is 0.180 e. The zero-order valence-electron chi connectivity index (χ0n) is 22.8. The first-order chi connectivity index (χ1) is 18.6. The number of aromatic nitrogens is 6. The van der Waals surface area contributed by atoms with Crippen LogP contribution in [0.15, 0.2) is 48.5 Å². The SMILES string of the molecule is CCCc1nc2c(n1Cc1ccc(-c3ccccc3-c3nnn[nH]3)cc1)CN(CC(C)C)CN2CC1CC1. The Bertz CT molecular complexity index is 1350. The molecule has 2 aliphatic rings. The fourth-order valence-corrected chi connectivity index (χ4v) is 5.69. The Kier molecular flexibility index (Phi) is 6.98. The summed E-state index contributed by atoms with van der Waals surface area (Å²) in [7, 11) is 0. The maximum Gasteiger partial charge on any atom is 0.180 e. The first kappa shape index (κ1) is 24.8. The van der Waals surface area contributed by atoms with Crippen LogP contribution >= 0.6 is 0 Å². The summed E-state index contributed by atoms with van der Waals surface area (Å²) in [5, 5.41) is 14.5. The van der Waals surface area contributed by atoms with Crippen LogP contribution in [0.2, 0.25) is 0 Å². The number of hydrogen-bond donors (Lipinski definition) is 1. The van der Waals surface area contributed by atoms with Gasteiger partial charge in [0, 0.05) is 38.2 Å². The van der Waals surface area contributed by atoms with Gasteiger partial charge in [0.15, 0.2) is 11.6 Å². The Hall–Kier alpha value is -3.52. The molecule has 38 heavy (non-hydrogen) atoms. The van der Waals surface area contributed by atoms with E-state index in [-0.39, 0.29) is 0 Å². The normalized spacial score (nSPS) is 15.8. The van der Waals surface area contributed by atoms with Gasteiger partial charge in [-0.25, -0.2) is 10.1 Å². The maximum absolute atomic E-state index is 5.26. The lowest BCUT2D eigenvalue weighted by Crippen LogP contribution is -2.45. The summed E-state index contributed by atoms with van der Waals surface area (Å²) >= 11 is 0. The summed E-state index contributed by atoms with van der Waals surface area (Å²) < 4.78 is 2.51. The molecule has 0 atom stereocenters. The third-order valence-electron chi connectivity index (χ3n) is 7.58. The standard InChI is InChI=1S/C30H38N8/c1-4-7-28-31-30-27(19-36(16-21(2)3)20-37(30)17-22-10-11-22)38(28)18-23-12-14-24(15-13-23)25-8-5-6-9-26(25)29-32-34-35-33-29/h5-6,8-9,12-15,21-22H,4,7,10-11,16-20H2,1-3H3,(H,32,33,34,35). The minimum atomic E-state index is 0.647. The fourth-order valence-electron chi connectivity index (χ4n) is 5.69. The third kappa shape index (κ3) is 5.23. The molecule has 2 aromatic heterocycles. The average molecular weight is 511 g/mol. The van der Waals surface area contributed by atoms with Crippen molar-refractivity contribution in [3.05, 3.63) is 65.6 Å². The second kappa shape index (κ2) is 10.7. The fraction of sp³-hybridized carbons (Fsp3) is 0.467. The molecule has 1 aliphatic heterocycles. The van der Waals surface area contributed by atoms with Crippen molar-refractivity contribution >= 4 is 5.82 Å². The van der Waals surface area contributed by atoms with E-state index in [1.165, 1.54) is 35.7 Å². The number of benzene rings is 2. The highest BCUT2D eigenvalue weighted by atomic mass is 15.5. The molecule has 1 fully saturated rings. The molecule has 6 rings (SSSR count). The van der Waals surface area contributed by atoms with Crippen molar-refractivity contribution in [1.29, 1.82) is 0 Å². The maximum atomic E-state index is 5.26. The van der Waals surface area contributed by atoms with Crippen LogP contribution in [0.25, 0.3) is 22.5 Å². The molecule has 8 heteroatoms. The number of tetrazole rings is 1. The van der Waals surface area contributed by atoms with E-state index in [1.807, 2.05) is 6.07 Å². The topological polar surface area (TPSA) is 78.8 Å². The number of nitrogens with zero attached hydrogens (tertiary/aromatic N) is 7. The van der Waals surface area contributed by atoms with Crippen molar-refractivity contribution in [3.63, 3.8) is 0 Å². The molecule has 8 nitrogen and oxygen atoms in total. The van der Waals surface area contributed by atoms with Gasteiger partial charge in [-0.05, 0) is 58.2 Å². The largest absolute Gasteiger partial charge is 0.342 e. The van der Waals surface area contributed by atoms with E-state index >= 15 is 0 Å². The van der Waals surface area contributed by atoms with Crippen molar-refractivity contribution < 1.29 is 0 Å². The summed E-state index contributed by atoms with van der Waals surface area (Å²) in [4.78, 5) is 10.4. The van der Waals surface area contributed by atoms with E-state index in [2.05, 4.69) is 98.2 Å². The van der Waals surface area contributed by atoms with Crippen molar-refractivity contribution in [2.45, 2.75) is 59.5 Å². The molecule has 0 amide bonds. The van der Waals surface area contributed by atoms with Crippen LogP contribution < -0.4 is 4.90 Å². The lowest BCUT2D eigenvalue weighted by atomic mass is 9.98. The van der Waals surface area contributed by atoms with Crippen LogP contribution in [0.3, 0.4) is 0 Å². The number of H-pyrrole nitrogens is 1. The Morgan fingerprint density at radius 3 is 2.50 bits per heavy atom. The minimum Gasteiger partial charge on any atom is -0.342 e. The molecular weight excluding hydrogens is 472 g/mol. The van der Waals surface area contributed by atoms with Crippen LogP contribution in [0.1, 0.15) is 57.1 Å². The van der Waals surface area contributed by atoms with Gasteiger partial charge in [-0.2, -0.15) is 0 Å². The highest BCUT2D eigenvalue weighted by Gasteiger charge is 2.33. The van der Waals surface area contributed by atoms with E-state index < -0.39 is 0 Å². The van der Waals surface area contributed by atoms with Gasteiger partial charge in [-0.1, -0.05) is 69.3 Å². The second-order valence-corrected chi connectivity index (χ2v) is 11.3. The zero-order valence-corrected chi connectivity index (χ0v) is 22.8. The average Bonchev–Trinajstić information content (AvgIpc) is 3.43. The van der Waals surface area contributed by atoms with E-state index in [1.54, 1.807) is 0 Å². The van der Waals surface area contributed by atoms with Crippen molar-refractivity contribution in [2.75, 3.05) is 24.7 Å². The Balaban J connectivity index is 1.30. The lowest BCUT2D eigenvalue weighted by Gasteiger charge is -2.37. The summed E-state index contributed by atoms with van der Waals surface area (Å²) in [6.45, 7) is 12.0. The number of rotatable bonds is 10. The highest BCUT2D eigenvalue weighted by Crippen LogP contribution is 2.36. The molecule has 0 saturated heterocycles. The van der Waals surface area contributed by atoms with Crippen LogP contribution in [0.5, 0.6) is 0 Å². The first-order valence-corrected chi connectivity index (χ1v) is 14.1. The molecule has 198 valence electrons. The summed E-state index contributed by atoms with van der Waals surface area (Å²) in [6.07, 6.45) is 4.83. The van der Waals surface area contributed by atoms with Crippen LogP contribution in [0.4, 0.5) is 5.82 Å². The lowest BCUT2D eigenvalue weighted by molar-refractivity contribution is 0.217. The number of imidazole rings is 1.